The smallest absolute Gasteiger partial charge is 0.302 e. The normalized spacial score (nSPS) is 12.2. The number of halogens is 2. The Balaban J connectivity index is 1.78. The van der Waals surface area contributed by atoms with Gasteiger partial charge in [0.15, 0.2) is 0 Å². The molecule has 1 heterocycles. The van der Waals surface area contributed by atoms with Crippen LogP contribution in [0.1, 0.15) is 24.2 Å². The summed E-state index contributed by atoms with van der Waals surface area (Å²) in [6.45, 7) is 2.59. The summed E-state index contributed by atoms with van der Waals surface area (Å²) in [7, 11) is 0. The van der Waals surface area contributed by atoms with Gasteiger partial charge in [0.2, 0.25) is 0 Å². The summed E-state index contributed by atoms with van der Waals surface area (Å²) in [4.78, 5) is 4.29. The van der Waals surface area contributed by atoms with Crippen LogP contribution in [0.4, 0.5) is 8.78 Å². The van der Waals surface area contributed by atoms with Crippen molar-refractivity contribution in [1.29, 1.82) is 0 Å². The van der Waals surface area contributed by atoms with E-state index in [9.17, 15) is 8.78 Å². The highest BCUT2D eigenvalue weighted by molar-refractivity contribution is 5.27. The number of hydrogen-bond donors (Lipinski definition) is 1. The van der Waals surface area contributed by atoms with E-state index in [1.165, 1.54) is 24.3 Å². The van der Waals surface area contributed by atoms with Gasteiger partial charge in [0.1, 0.15) is 17.4 Å². The van der Waals surface area contributed by atoms with Crippen molar-refractivity contribution in [3.63, 3.8) is 0 Å². The van der Waals surface area contributed by atoms with Gasteiger partial charge in [-0.15, -0.1) is 0 Å². The molecule has 1 aromatic heterocycles. The molecule has 0 saturated carbocycles. The van der Waals surface area contributed by atoms with Crippen LogP contribution in [-0.4, -0.2) is 9.55 Å². The van der Waals surface area contributed by atoms with E-state index in [1.807, 2.05) is 11.5 Å². The molecule has 0 radical (unpaired) electrons. The molecule has 0 amide bonds. The van der Waals surface area contributed by atoms with Crippen LogP contribution in [0.25, 0.3) is 0 Å². The Morgan fingerprint density at radius 3 is 2.24 bits per heavy atom. The molecule has 2 N–H and O–H groups in total. The van der Waals surface area contributed by atoms with Crippen molar-refractivity contribution < 1.29 is 13.5 Å². The first kappa shape index (κ1) is 17.1. The van der Waals surface area contributed by atoms with Gasteiger partial charge in [0, 0.05) is 6.54 Å². The first-order valence-electron chi connectivity index (χ1n) is 8.05. The largest absolute Gasteiger partial charge is 0.426 e. The number of nitrogens with zero attached hydrogens (tertiary/aromatic N) is 2. The zero-order valence-electron chi connectivity index (χ0n) is 13.8. The van der Waals surface area contributed by atoms with Gasteiger partial charge in [-0.1, -0.05) is 12.1 Å². The summed E-state index contributed by atoms with van der Waals surface area (Å²) in [5, 5.41) is 0. The second-order valence-corrected chi connectivity index (χ2v) is 5.70. The Morgan fingerprint density at radius 1 is 1.04 bits per heavy atom. The molecule has 2 aromatic carbocycles. The van der Waals surface area contributed by atoms with Crippen LogP contribution in [0.3, 0.4) is 0 Å². The number of hydrogen-bond acceptors (Lipinski definition) is 3. The maximum absolute atomic E-state index is 13.0. The minimum Gasteiger partial charge on any atom is -0.426 e. The first-order chi connectivity index (χ1) is 12.1. The van der Waals surface area contributed by atoms with Crippen LogP contribution < -0.4 is 10.5 Å². The van der Waals surface area contributed by atoms with E-state index in [0.717, 1.165) is 11.3 Å². The Morgan fingerprint density at radius 2 is 1.64 bits per heavy atom. The number of imidazole rings is 1. The van der Waals surface area contributed by atoms with Crippen molar-refractivity contribution in [2.45, 2.75) is 25.9 Å². The van der Waals surface area contributed by atoms with Crippen molar-refractivity contribution in [2.75, 3.05) is 0 Å². The summed E-state index contributed by atoms with van der Waals surface area (Å²) in [6, 6.07) is 12.1. The van der Waals surface area contributed by atoms with Crippen molar-refractivity contribution in [3.8, 4) is 11.8 Å². The SMILES string of the molecule is CCn1c(C(N)Cc2ccc(F)cc2)cnc1Oc1ccc(F)cc1. The zero-order chi connectivity index (χ0) is 17.8. The van der Waals surface area contributed by atoms with Gasteiger partial charge in [-0.2, -0.15) is 0 Å². The van der Waals surface area contributed by atoms with Crippen LogP contribution in [0.2, 0.25) is 0 Å². The molecule has 3 aromatic rings. The van der Waals surface area contributed by atoms with Gasteiger partial charge >= 0.3 is 6.01 Å². The second-order valence-electron chi connectivity index (χ2n) is 5.70. The summed E-state index contributed by atoms with van der Waals surface area (Å²) in [6.07, 6.45) is 2.23. The Kier molecular flexibility index (Phi) is 5.09. The standard InChI is InChI=1S/C19H19F2N3O/c1-2-24-18(17(22)11-13-3-5-14(20)6-4-13)12-23-19(24)25-16-9-7-15(21)8-10-16/h3-10,12,17H,2,11,22H2,1H3. The lowest BCUT2D eigenvalue weighted by Gasteiger charge is -2.15. The zero-order valence-corrected chi connectivity index (χ0v) is 13.8. The molecule has 0 bridgehead atoms. The Bertz CT molecular complexity index is 829. The van der Waals surface area contributed by atoms with E-state index < -0.39 is 0 Å². The minimum atomic E-state index is -0.326. The number of benzene rings is 2. The summed E-state index contributed by atoms with van der Waals surface area (Å²) < 4.78 is 33.6. The van der Waals surface area contributed by atoms with Crippen LogP contribution in [0, 0.1) is 11.6 Å². The van der Waals surface area contributed by atoms with E-state index in [2.05, 4.69) is 4.98 Å². The van der Waals surface area contributed by atoms with Gasteiger partial charge in [-0.05, 0) is 55.3 Å². The Hall–Kier alpha value is -2.73. The van der Waals surface area contributed by atoms with Crippen LogP contribution in [-0.2, 0) is 13.0 Å². The third-order valence-corrected chi connectivity index (χ3v) is 3.94. The fourth-order valence-corrected chi connectivity index (χ4v) is 2.65. The van der Waals surface area contributed by atoms with Crippen molar-refractivity contribution in [1.82, 2.24) is 9.55 Å². The molecule has 0 aliphatic rings. The lowest BCUT2D eigenvalue weighted by Crippen LogP contribution is -2.18. The Labute approximate surface area is 144 Å². The van der Waals surface area contributed by atoms with Crippen molar-refractivity contribution >= 4 is 0 Å². The average Bonchev–Trinajstić information content (AvgIpc) is 3.01. The average molecular weight is 343 g/mol. The predicted octanol–water partition coefficient (Wildman–Crippen LogP) is 4.22. The molecule has 25 heavy (non-hydrogen) atoms. The molecule has 0 spiro atoms. The van der Waals surface area contributed by atoms with Crippen LogP contribution >= 0.6 is 0 Å². The van der Waals surface area contributed by atoms with E-state index >= 15 is 0 Å². The monoisotopic (exact) mass is 343 g/mol. The number of nitrogens with two attached hydrogens (primary N) is 1. The molecule has 4 nitrogen and oxygen atoms in total. The molecule has 130 valence electrons. The van der Waals surface area contributed by atoms with Gasteiger partial charge < -0.3 is 10.5 Å². The highest BCUT2D eigenvalue weighted by atomic mass is 19.1. The van der Waals surface area contributed by atoms with Crippen LogP contribution in [0.5, 0.6) is 11.8 Å². The second kappa shape index (κ2) is 7.44. The van der Waals surface area contributed by atoms with E-state index in [1.54, 1.807) is 30.5 Å². The molecule has 1 unspecified atom stereocenters. The maximum atomic E-state index is 13.0. The molecule has 1 atom stereocenters. The number of rotatable bonds is 6. The fraction of sp³-hybridized carbons (Fsp3) is 0.211. The third-order valence-electron chi connectivity index (χ3n) is 3.94. The fourth-order valence-electron chi connectivity index (χ4n) is 2.65. The summed E-state index contributed by atoms with van der Waals surface area (Å²) in [5.41, 5.74) is 8.07. The van der Waals surface area contributed by atoms with E-state index in [0.29, 0.717) is 24.7 Å². The molecule has 0 fully saturated rings. The van der Waals surface area contributed by atoms with E-state index in [-0.39, 0.29) is 17.7 Å². The number of aromatic nitrogens is 2. The molecule has 3 rings (SSSR count). The minimum absolute atomic E-state index is 0.272. The highest BCUT2D eigenvalue weighted by Crippen LogP contribution is 2.25. The van der Waals surface area contributed by atoms with Crippen molar-refractivity contribution in [3.05, 3.63) is 77.6 Å². The lowest BCUT2D eigenvalue weighted by atomic mass is 10.0. The van der Waals surface area contributed by atoms with Gasteiger partial charge in [0.25, 0.3) is 0 Å². The quantitative estimate of drug-likeness (QED) is 0.729. The predicted molar refractivity (Wildman–Crippen MR) is 91.4 cm³/mol. The van der Waals surface area contributed by atoms with Gasteiger partial charge in [-0.3, -0.25) is 4.57 Å². The van der Waals surface area contributed by atoms with E-state index in [4.69, 9.17) is 10.5 Å². The molecular formula is C19H19F2N3O. The summed E-state index contributed by atoms with van der Waals surface area (Å²) in [5.74, 6) is -0.0977. The molecule has 0 aliphatic heterocycles. The first-order valence-corrected chi connectivity index (χ1v) is 8.05. The highest BCUT2D eigenvalue weighted by Gasteiger charge is 2.17. The molecular weight excluding hydrogens is 324 g/mol. The van der Waals surface area contributed by atoms with Crippen molar-refractivity contribution in [2.24, 2.45) is 5.73 Å². The lowest BCUT2D eigenvalue weighted by molar-refractivity contribution is 0.407. The third kappa shape index (κ3) is 4.03. The topological polar surface area (TPSA) is 53.1 Å². The van der Waals surface area contributed by atoms with Gasteiger partial charge in [0.05, 0.1) is 17.9 Å². The van der Waals surface area contributed by atoms with Crippen LogP contribution in [0.15, 0.2) is 54.7 Å². The van der Waals surface area contributed by atoms with Gasteiger partial charge in [-0.25, -0.2) is 13.8 Å². The molecule has 0 aliphatic carbocycles. The number of ether oxygens (including phenoxy) is 1. The maximum Gasteiger partial charge on any atom is 0.302 e. The summed E-state index contributed by atoms with van der Waals surface area (Å²) >= 11 is 0. The molecule has 6 heteroatoms. The molecule has 0 saturated heterocycles.